The molecule has 5 heteroatoms. The molecule has 2 rings (SSSR count). The largest absolute Gasteiger partial charge is 0.488 e. The Kier molecular flexibility index (Phi) is 6.56. The van der Waals surface area contributed by atoms with E-state index >= 15 is 0 Å². The normalized spacial score (nSPS) is 13.0. The maximum absolute atomic E-state index is 11.7. The minimum atomic E-state index is -0.582. The summed E-state index contributed by atoms with van der Waals surface area (Å²) in [5, 5.41) is 20.0. The molecule has 0 saturated heterocycles. The minimum absolute atomic E-state index is 0.108. The van der Waals surface area contributed by atoms with E-state index in [0.29, 0.717) is 29.7 Å². The molecule has 1 aromatic heterocycles. The van der Waals surface area contributed by atoms with Crippen molar-refractivity contribution in [2.45, 2.75) is 32.8 Å². The second-order valence-corrected chi connectivity index (χ2v) is 6.11. The number of hydrogen-bond donors (Lipinski definition) is 2. The van der Waals surface area contributed by atoms with Gasteiger partial charge in [-0.05, 0) is 50.0 Å². The van der Waals surface area contributed by atoms with E-state index in [9.17, 15) is 15.0 Å². The van der Waals surface area contributed by atoms with E-state index in [2.05, 4.69) is 6.58 Å². The van der Waals surface area contributed by atoms with Gasteiger partial charge in [0, 0.05) is 0 Å². The minimum Gasteiger partial charge on any atom is -0.488 e. The summed E-state index contributed by atoms with van der Waals surface area (Å²) in [5.74, 6) is 0.458. The summed E-state index contributed by atoms with van der Waals surface area (Å²) in [7, 11) is 0. The van der Waals surface area contributed by atoms with Gasteiger partial charge in [0.1, 0.15) is 17.9 Å². The third kappa shape index (κ3) is 5.05. The molecule has 1 heterocycles. The van der Waals surface area contributed by atoms with Crippen LogP contribution < -0.4 is 10.4 Å². The van der Waals surface area contributed by atoms with Gasteiger partial charge in [0.05, 0.1) is 24.2 Å². The molecule has 2 N–H and O–H groups in total. The molecule has 0 spiro atoms. The zero-order valence-electron chi connectivity index (χ0n) is 14.6. The first-order valence-corrected chi connectivity index (χ1v) is 8.21. The molecule has 134 valence electrons. The van der Waals surface area contributed by atoms with Crippen LogP contribution in [-0.2, 0) is 0 Å². The van der Waals surface area contributed by atoms with Crippen LogP contribution in [0.2, 0.25) is 0 Å². The summed E-state index contributed by atoms with van der Waals surface area (Å²) < 4.78 is 10.9. The Balaban J connectivity index is 2.11. The van der Waals surface area contributed by atoms with E-state index in [1.54, 1.807) is 19.1 Å². The van der Waals surface area contributed by atoms with Crippen molar-refractivity contribution in [1.82, 2.24) is 0 Å². The summed E-state index contributed by atoms with van der Waals surface area (Å²) in [6, 6.07) is 6.79. The first-order valence-electron chi connectivity index (χ1n) is 8.21. The van der Waals surface area contributed by atoms with Crippen LogP contribution in [0.4, 0.5) is 0 Å². The van der Waals surface area contributed by atoms with Gasteiger partial charge in [-0.2, -0.15) is 0 Å². The van der Waals surface area contributed by atoms with Crippen LogP contribution in [0.25, 0.3) is 11.0 Å². The number of hydrogen-bond acceptors (Lipinski definition) is 5. The van der Waals surface area contributed by atoms with Gasteiger partial charge in [-0.15, -0.1) is 0 Å². The molecule has 25 heavy (non-hydrogen) atoms. The van der Waals surface area contributed by atoms with Crippen LogP contribution in [0.3, 0.4) is 0 Å². The van der Waals surface area contributed by atoms with Crippen molar-refractivity contribution in [3.05, 3.63) is 64.1 Å². The van der Waals surface area contributed by atoms with Crippen LogP contribution in [-0.4, -0.2) is 29.5 Å². The average molecular weight is 344 g/mol. The third-order valence-corrected chi connectivity index (χ3v) is 4.06. The predicted molar refractivity (Wildman–Crippen MR) is 97.9 cm³/mol. The van der Waals surface area contributed by atoms with Gasteiger partial charge in [-0.25, -0.2) is 4.79 Å². The SMILES string of the molecule is C=C(C)[C@H](O)CCC(=CCOc1cc(=O)oc2cccc(C)c12)CO. The van der Waals surface area contributed by atoms with Crippen LogP contribution >= 0.6 is 0 Å². The van der Waals surface area contributed by atoms with E-state index in [4.69, 9.17) is 9.15 Å². The molecule has 0 saturated carbocycles. The van der Waals surface area contributed by atoms with Crippen molar-refractivity contribution < 1.29 is 19.4 Å². The Morgan fingerprint density at radius 3 is 2.88 bits per heavy atom. The quantitative estimate of drug-likeness (QED) is 0.568. The topological polar surface area (TPSA) is 79.9 Å². The smallest absolute Gasteiger partial charge is 0.339 e. The Hall–Kier alpha value is -2.37. The monoisotopic (exact) mass is 344 g/mol. The molecule has 5 nitrogen and oxygen atoms in total. The number of rotatable bonds is 8. The van der Waals surface area contributed by atoms with E-state index in [-0.39, 0.29) is 13.2 Å². The number of aryl methyl sites for hydroxylation is 1. The number of fused-ring (bicyclic) bond motifs is 1. The van der Waals surface area contributed by atoms with Crippen molar-refractivity contribution in [2.24, 2.45) is 0 Å². The second kappa shape index (κ2) is 8.65. The molecule has 2 aromatic rings. The van der Waals surface area contributed by atoms with Gasteiger partial charge in [0.25, 0.3) is 0 Å². The highest BCUT2D eigenvalue weighted by molar-refractivity contribution is 5.86. The number of benzene rings is 1. The lowest BCUT2D eigenvalue weighted by Gasteiger charge is -2.12. The Bertz CT molecular complexity index is 832. The van der Waals surface area contributed by atoms with Crippen LogP contribution in [0.1, 0.15) is 25.3 Å². The molecule has 0 aliphatic carbocycles. The predicted octanol–water partition coefficient (Wildman–Crippen LogP) is 3.12. The second-order valence-electron chi connectivity index (χ2n) is 6.11. The molecule has 0 radical (unpaired) electrons. The number of aliphatic hydroxyl groups is 2. The van der Waals surface area contributed by atoms with Crippen LogP contribution in [0.5, 0.6) is 5.75 Å². The van der Waals surface area contributed by atoms with Gasteiger partial charge < -0.3 is 19.4 Å². The maximum Gasteiger partial charge on any atom is 0.339 e. The number of aliphatic hydroxyl groups excluding tert-OH is 2. The Morgan fingerprint density at radius 2 is 2.20 bits per heavy atom. The van der Waals surface area contributed by atoms with Crippen LogP contribution in [0.15, 0.2) is 57.3 Å². The molecular formula is C20H24O5. The summed E-state index contributed by atoms with van der Waals surface area (Å²) >= 11 is 0. The van der Waals surface area contributed by atoms with Crippen molar-refractivity contribution >= 4 is 11.0 Å². The zero-order valence-corrected chi connectivity index (χ0v) is 14.6. The Labute approximate surface area is 146 Å². The van der Waals surface area contributed by atoms with Gasteiger partial charge in [-0.3, -0.25) is 0 Å². The van der Waals surface area contributed by atoms with Crippen molar-refractivity contribution in [1.29, 1.82) is 0 Å². The highest BCUT2D eigenvalue weighted by atomic mass is 16.5. The lowest BCUT2D eigenvalue weighted by Crippen LogP contribution is -2.09. The van der Waals surface area contributed by atoms with E-state index in [1.165, 1.54) is 6.07 Å². The van der Waals surface area contributed by atoms with Crippen molar-refractivity contribution in [3.63, 3.8) is 0 Å². The molecule has 0 unspecified atom stereocenters. The summed E-state index contributed by atoms with van der Waals surface area (Å²) in [4.78, 5) is 11.7. The van der Waals surface area contributed by atoms with E-state index < -0.39 is 11.7 Å². The van der Waals surface area contributed by atoms with Gasteiger partial charge in [-0.1, -0.05) is 24.3 Å². The molecule has 0 fully saturated rings. The molecule has 0 aliphatic rings. The van der Waals surface area contributed by atoms with Gasteiger partial charge >= 0.3 is 5.63 Å². The first-order chi connectivity index (χ1) is 11.9. The highest BCUT2D eigenvalue weighted by Gasteiger charge is 2.09. The third-order valence-electron chi connectivity index (χ3n) is 4.06. The zero-order chi connectivity index (χ0) is 18.4. The lowest BCUT2D eigenvalue weighted by atomic mass is 10.0. The molecule has 0 amide bonds. The maximum atomic E-state index is 11.7. The summed E-state index contributed by atoms with van der Waals surface area (Å²) in [5.41, 5.74) is 2.44. The highest BCUT2D eigenvalue weighted by Crippen LogP contribution is 2.27. The van der Waals surface area contributed by atoms with Crippen molar-refractivity contribution in [2.75, 3.05) is 13.2 Å². The fourth-order valence-electron chi connectivity index (χ4n) is 2.54. The lowest BCUT2D eigenvalue weighted by molar-refractivity contribution is 0.198. The van der Waals surface area contributed by atoms with Gasteiger partial charge in [0.2, 0.25) is 0 Å². The van der Waals surface area contributed by atoms with Crippen LogP contribution in [0, 0.1) is 6.92 Å². The first kappa shape index (κ1) is 19.0. The molecule has 1 aromatic carbocycles. The molecular weight excluding hydrogens is 320 g/mol. The van der Waals surface area contributed by atoms with Gasteiger partial charge in [0.15, 0.2) is 0 Å². The summed E-state index contributed by atoms with van der Waals surface area (Å²) in [6.45, 7) is 7.51. The molecule has 0 aliphatic heterocycles. The fourth-order valence-corrected chi connectivity index (χ4v) is 2.54. The summed E-state index contributed by atoms with van der Waals surface area (Å²) in [6.07, 6.45) is 2.23. The Morgan fingerprint density at radius 1 is 1.44 bits per heavy atom. The average Bonchev–Trinajstić information content (AvgIpc) is 2.57. The fraction of sp³-hybridized carbons (Fsp3) is 0.350. The van der Waals surface area contributed by atoms with Crippen molar-refractivity contribution in [3.8, 4) is 5.75 Å². The van der Waals surface area contributed by atoms with E-state index in [0.717, 1.165) is 16.5 Å². The standard InChI is InChI=1S/C20H24O5/c1-13(2)16(22)8-7-15(12-21)9-10-24-18-11-19(23)25-17-6-4-5-14(3)20(17)18/h4-6,9,11,16,21-22H,1,7-8,10,12H2,2-3H3/t16-/m1/s1. The molecule has 1 atom stereocenters. The molecule has 0 bridgehead atoms. The number of ether oxygens (including phenoxy) is 1. The van der Waals surface area contributed by atoms with E-state index in [1.807, 2.05) is 19.1 Å².